The number of benzene rings is 1. The molecule has 0 saturated carbocycles. The Morgan fingerprint density at radius 3 is 2.80 bits per heavy atom. The zero-order chi connectivity index (χ0) is 17.1. The first-order valence-electron chi connectivity index (χ1n) is 8.31. The minimum absolute atomic E-state index is 0.701. The number of hydrogen-bond acceptors (Lipinski definition) is 3. The highest BCUT2D eigenvalue weighted by molar-refractivity contribution is 6.30. The fraction of sp³-hybridized carbons (Fsp3) is 0.143. The lowest BCUT2D eigenvalue weighted by molar-refractivity contribution is 0.571. The molecule has 4 rings (SSSR count). The smallest absolute Gasteiger partial charge is 0.134 e. The normalized spacial score (nSPS) is 16.0. The number of hydrogen-bond donors (Lipinski definition) is 0. The van der Waals surface area contributed by atoms with Gasteiger partial charge in [-0.3, -0.25) is 9.98 Å². The first-order chi connectivity index (χ1) is 12.3. The second kappa shape index (κ2) is 7.08. The van der Waals surface area contributed by atoms with Crippen LogP contribution in [0, 0.1) is 0 Å². The second-order valence-electron chi connectivity index (χ2n) is 5.96. The molecule has 0 unspecified atom stereocenters. The molecule has 4 heteroatoms. The molecule has 0 atom stereocenters. The first-order valence-corrected chi connectivity index (χ1v) is 8.69. The molecule has 3 heterocycles. The Hall–Kier alpha value is -2.65. The molecular weight excluding hydrogens is 332 g/mol. The lowest BCUT2D eigenvalue weighted by Gasteiger charge is -2.15. The van der Waals surface area contributed by atoms with Gasteiger partial charge in [-0.05, 0) is 60.9 Å². The van der Waals surface area contributed by atoms with Crippen LogP contribution in [0.3, 0.4) is 0 Å². The lowest BCUT2D eigenvalue weighted by atomic mass is 9.96. The van der Waals surface area contributed by atoms with Crippen LogP contribution in [0.4, 0.5) is 0 Å². The average Bonchev–Trinajstić information content (AvgIpc) is 3.12. The van der Waals surface area contributed by atoms with E-state index in [9.17, 15) is 0 Å². The highest BCUT2D eigenvalue weighted by Gasteiger charge is 2.15. The van der Waals surface area contributed by atoms with Gasteiger partial charge in [0.1, 0.15) is 11.5 Å². The average molecular weight is 349 g/mol. The van der Waals surface area contributed by atoms with Crippen LogP contribution < -0.4 is 0 Å². The van der Waals surface area contributed by atoms with Gasteiger partial charge in [0.15, 0.2) is 0 Å². The van der Waals surface area contributed by atoms with Crippen molar-refractivity contribution in [2.45, 2.75) is 12.8 Å². The molecule has 0 bridgehead atoms. The largest absolute Gasteiger partial charge is 0.457 e. The van der Waals surface area contributed by atoms with E-state index in [4.69, 9.17) is 21.0 Å². The summed E-state index contributed by atoms with van der Waals surface area (Å²) in [4.78, 5) is 8.91. The molecule has 3 nitrogen and oxygen atoms in total. The number of rotatable bonds is 3. The van der Waals surface area contributed by atoms with Gasteiger partial charge in [0.2, 0.25) is 0 Å². The van der Waals surface area contributed by atoms with Gasteiger partial charge in [-0.15, -0.1) is 0 Å². The van der Waals surface area contributed by atoms with E-state index in [0.717, 1.165) is 47.7 Å². The fourth-order valence-corrected chi connectivity index (χ4v) is 3.19. The van der Waals surface area contributed by atoms with Crippen LogP contribution in [-0.2, 0) is 0 Å². The number of aliphatic imine (C=N–C) groups is 1. The van der Waals surface area contributed by atoms with E-state index < -0.39 is 0 Å². The van der Waals surface area contributed by atoms with Gasteiger partial charge in [-0.1, -0.05) is 23.7 Å². The molecular formula is C21H17ClN2O. The standard InChI is InChI=1S/C21H17ClN2O/c22-18-7-1-4-15(12-18)20-9-8-19(25-20)13-16-5-3-11-24-21(16)17-6-2-10-23-14-17/h1-2,4,6-10,12-14H,3,5,11H2/b16-13+. The molecule has 1 aromatic carbocycles. The van der Waals surface area contributed by atoms with Gasteiger partial charge in [0, 0.05) is 35.1 Å². The van der Waals surface area contributed by atoms with Gasteiger partial charge >= 0.3 is 0 Å². The van der Waals surface area contributed by atoms with Crippen molar-refractivity contribution >= 4 is 23.4 Å². The minimum atomic E-state index is 0.701. The van der Waals surface area contributed by atoms with Crippen LogP contribution in [0.5, 0.6) is 0 Å². The highest BCUT2D eigenvalue weighted by atomic mass is 35.5. The molecule has 0 spiro atoms. The summed E-state index contributed by atoms with van der Waals surface area (Å²) in [7, 11) is 0. The molecule has 25 heavy (non-hydrogen) atoms. The third-order valence-electron chi connectivity index (χ3n) is 4.17. The number of aromatic nitrogens is 1. The molecule has 0 amide bonds. The molecule has 0 saturated heterocycles. The van der Waals surface area contributed by atoms with Crippen molar-refractivity contribution in [2.75, 3.05) is 6.54 Å². The number of nitrogens with zero attached hydrogens (tertiary/aromatic N) is 2. The van der Waals surface area contributed by atoms with Crippen molar-refractivity contribution in [3.8, 4) is 11.3 Å². The van der Waals surface area contributed by atoms with Crippen molar-refractivity contribution in [2.24, 2.45) is 4.99 Å². The number of pyridine rings is 1. The van der Waals surface area contributed by atoms with E-state index in [0.29, 0.717) is 5.02 Å². The second-order valence-corrected chi connectivity index (χ2v) is 6.39. The van der Waals surface area contributed by atoms with Crippen LogP contribution >= 0.6 is 11.6 Å². The van der Waals surface area contributed by atoms with Crippen molar-refractivity contribution in [3.63, 3.8) is 0 Å². The van der Waals surface area contributed by atoms with E-state index in [2.05, 4.69) is 11.1 Å². The van der Waals surface area contributed by atoms with E-state index >= 15 is 0 Å². The Bertz CT molecular complexity index is 941. The van der Waals surface area contributed by atoms with E-state index in [-0.39, 0.29) is 0 Å². The molecule has 1 aliphatic heterocycles. The zero-order valence-electron chi connectivity index (χ0n) is 13.7. The third-order valence-corrected chi connectivity index (χ3v) is 4.40. The highest BCUT2D eigenvalue weighted by Crippen LogP contribution is 2.27. The third kappa shape index (κ3) is 3.57. The van der Waals surface area contributed by atoms with Crippen LogP contribution in [0.2, 0.25) is 5.02 Å². The Kier molecular flexibility index (Phi) is 4.49. The van der Waals surface area contributed by atoms with Crippen molar-refractivity contribution in [1.82, 2.24) is 4.98 Å². The number of furan rings is 1. The molecule has 1 aliphatic rings. The SMILES string of the molecule is Clc1cccc(-c2ccc(/C=C3\CCCN=C3c3cccnc3)o2)c1. The van der Waals surface area contributed by atoms with Gasteiger partial charge < -0.3 is 4.42 Å². The Labute approximate surface area is 151 Å². The quantitative estimate of drug-likeness (QED) is 0.612. The van der Waals surface area contributed by atoms with Crippen LogP contribution in [0.1, 0.15) is 24.2 Å². The first kappa shape index (κ1) is 15.9. The molecule has 2 aromatic heterocycles. The number of halogens is 1. The predicted molar refractivity (Wildman–Crippen MR) is 102 cm³/mol. The van der Waals surface area contributed by atoms with E-state index in [1.807, 2.05) is 54.7 Å². The van der Waals surface area contributed by atoms with E-state index in [1.54, 1.807) is 6.20 Å². The molecule has 124 valence electrons. The van der Waals surface area contributed by atoms with Crippen molar-refractivity contribution in [3.05, 3.63) is 82.8 Å². The maximum atomic E-state index is 6.07. The zero-order valence-corrected chi connectivity index (χ0v) is 14.4. The monoisotopic (exact) mass is 348 g/mol. The summed E-state index contributed by atoms with van der Waals surface area (Å²) in [5.41, 5.74) is 4.23. The topological polar surface area (TPSA) is 38.4 Å². The summed E-state index contributed by atoms with van der Waals surface area (Å²) in [6.45, 7) is 0.855. The summed E-state index contributed by atoms with van der Waals surface area (Å²) in [5.74, 6) is 1.63. The van der Waals surface area contributed by atoms with Crippen LogP contribution in [0.25, 0.3) is 17.4 Å². The molecule has 0 radical (unpaired) electrons. The summed E-state index contributed by atoms with van der Waals surface area (Å²) >= 11 is 6.07. The van der Waals surface area contributed by atoms with Crippen molar-refractivity contribution in [1.29, 1.82) is 0 Å². The Morgan fingerprint density at radius 1 is 1.04 bits per heavy atom. The molecule has 0 N–H and O–H groups in total. The van der Waals surface area contributed by atoms with Crippen LogP contribution in [0.15, 0.2) is 75.9 Å². The summed E-state index contributed by atoms with van der Waals surface area (Å²) in [5, 5.41) is 0.701. The number of allylic oxidation sites excluding steroid dienone is 1. The molecule has 0 aliphatic carbocycles. The maximum Gasteiger partial charge on any atom is 0.134 e. The Morgan fingerprint density at radius 2 is 1.96 bits per heavy atom. The minimum Gasteiger partial charge on any atom is -0.457 e. The Balaban J connectivity index is 1.66. The van der Waals surface area contributed by atoms with Gasteiger partial charge in [-0.25, -0.2) is 0 Å². The predicted octanol–water partition coefficient (Wildman–Crippen LogP) is 5.66. The van der Waals surface area contributed by atoms with E-state index in [1.165, 1.54) is 5.57 Å². The van der Waals surface area contributed by atoms with Crippen LogP contribution in [-0.4, -0.2) is 17.2 Å². The van der Waals surface area contributed by atoms with Gasteiger partial charge in [-0.2, -0.15) is 0 Å². The molecule has 3 aromatic rings. The fourth-order valence-electron chi connectivity index (χ4n) is 3.00. The van der Waals surface area contributed by atoms with Crippen molar-refractivity contribution < 1.29 is 4.42 Å². The lowest BCUT2D eigenvalue weighted by Crippen LogP contribution is -2.11. The maximum absolute atomic E-state index is 6.07. The summed E-state index contributed by atoms with van der Waals surface area (Å²) in [6, 6.07) is 15.6. The molecule has 0 fully saturated rings. The van der Waals surface area contributed by atoms with Gasteiger partial charge in [0.25, 0.3) is 0 Å². The summed E-state index contributed by atoms with van der Waals surface area (Å²) < 4.78 is 6.01. The summed E-state index contributed by atoms with van der Waals surface area (Å²) in [6.07, 6.45) is 7.76. The van der Waals surface area contributed by atoms with Gasteiger partial charge in [0.05, 0.1) is 5.71 Å².